The summed E-state index contributed by atoms with van der Waals surface area (Å²) in [6.07, 6.45) is 0. The number of rotatable bonds is 5. The van der Waals surface area contributed by atoms with E-state index in [9.17, 15) is 9.59 Å². The van der Waals surface area contributed by atoms with Crippen LogP contribution in [0.5, 0.6) is 0 Å². The molecule has 0 spiro atoms. The molecule has 0 radical (unpaired) electrons. The summed E-state index contributed by atoms with van der Waals surface area (Å²) in [6, 6.07) is 7.84. The lowest BCUT2D eigenvalue weighted by Crippen LogP contribution is -2.38. The Morgan fingerprint density at radius 1 is 1.14 bits per heavy atom. The zero-order chi connectivity index (χ0) is 16.9. The molecule has 0 bridgehead atoms. The number of nitrogens with zero attached hydrogens (tertiary/aromatic N) is 1. The Kier molecular flexibility index (Phi) is 6.15. The van der Waals surface area contributed by atoms with E-state index in [0.717, 1.165) is 5.69 Å². The van der Waals surface area contributed by atoms with E-state index >= 15 is 0 Å². The van der Waals surface area contributed by atoms with Crippen molar-refractivity contribution >= 4 is 17.5 Å². The maximum absolute atomic E-state index is 12.1. The summed E-state index contributed by atoms with van der Waals surface area (Å²) in [7, 11) is 0. The molecule has 0 atom stereocenters. The molecular formula is C18H28N2O2. The highest BCUT2D eigenvalue weighted by molar-refractivity contribution is 5.94. The second kappa shape index (κ2) is 7.43. The van der Waals surface area contributed by atoms with Gasteiger partial charge in [0.25, 0.3) is 0 Å². The first kappa shape index (κ1) is 18.2. The second-order valence-corrected chi connectivity index (χ2v) is 7.17. The third kappa shape index (κ3) is 5.88. The molecule has 0 aromatic heterocycles. The Balaban J connectivity index is 2.66. The first-order chi connectivity index (χ1) is 10.1. The van der Waals surface area contributed by atoms with Crippen LogP contribution in [0.4, 0.5) is 5.69 Å². The van der Waals surface area contributed by atoms with Crippen LogP contribution in [0.1, 0.15) is 47.1 Å². The molecule has 4 nitrogen and oxygen atoms in total. The fourth-order valence-electron chi connectivity index (χ4n) is 2.17. The van der Waals surface area contributed by atoms with Crippen LogP contribution in [-0.2, 0) is 15.0 Å². The minimum Gasteiger partial charge on any atom is -0.333 e. The van der Waals surface area contributed by atoms with Crippen LogP contribution in [-0.4, -0.2) is 29.8 Å². The molecule has 1 N–H and O–H groups in total. The number of hydrogen-bond donors (Lipinski definition) is 1. The van der Waals surface area contributed by atoms with Crippen molar-refractivity contribution in [2.24, 2.45) is 5.92 Å². The van der Waals surface area contributed by atoms with Gasteiger partial charge < -0.3 is 10.2 Å². The van der Waals surface area contributed by atoms with Crippen LogP contribution in [0.3, 0.4) is 0 Å². The number of nitrogens with one attached hydrogen (secondary N) is 1. The Hall–Kier alpha value is -1.84. The highest BCUT2D eigenvalue weighted by Gasteiger charge is 2.16. The van der Waals surface area contributed by atoms with Crippen molar-refractivity contribution in [1.29, 1.82) is 0 Å². The fourth-order valence-corrected chi connectivity index (χ4v) is 2.17. The average molecular weight is 304 g/mol. The van der Waals surface area contributed by atoms with Gasteiger partial charge in [-0.05, 0) is 29.0 Å². The molecular weight excluding hydrogens is 276 g/mol. The van der Waals surface area contributed by atoms with Gasteiger partial charge in [-0.25, -0.2) is 0 Å². The molecule has 0 saturated heterocycles. The zero-order valence-electron chi connectivity index (χ0n) is 14.6. The van der Waals surface area contributed by atoms with E-state index in [-0.39, 0.29) is 23.8 Å². The van der Waals surface area contributed by atoms with Gasteiger partial charge in [0.1, 0.15) is 0 Å². The van der Waals surface area contributed by atoms with E-state index < -0.39 is 0 Å². The lowest BCUT2D eigenvalue weighted by molar-refractivity contribution is -0.133. The maximum Gasteiger partial charge on any atom is 0.243 e. The third-order valence-corrected chi connectivity index (χ3v) is 3.40. The van der Waals surface area contributed by atoms with Crippen molar-refractivity contribution in [3.05, 3.63) is 29.8 Å². The number of carbonyl (C=O) groups excluding carboxylic acids is 2. The first-order valence-electron chi connectivity index (χ1n) is 7.75. The van der Waals surface area contributed by atoms with Gasteiger partial charge in [-0.1, -0.05) is 46.8 Å². The minimum atomic E-state index is -0.167. The van der Waals surface area contributed by atoms with Crippen LogP contribution in [0.25, 0.3) is 0 Å². The van der Waals surface area contributed by atoms with Crippen LogP contribution in [0.2, 0.25) is 0 Å². The lowest BCUT2D eigenvalue weighted by Gasteiger charge is -2.22. The second-order valence-electron chi connectivity index (χ2n) is 7.17. The Bertz CT molecular complexity index is 513. The molecule has 0 aliphatic heterocycles. The fraction of sp³-hybridized carbons (Fsp3) is 0.556. The number of carbonyl (C=O) groups is 2. The molecule has 0 heterocycles. The summed E-state index contributed by atoms with van der Waals surface area (Å²) in [5.74, 6) is 0.0917. The topological polar surface area (TPSA) is 49.4 Å². The summed E-state index contributed by atoms with van der Waals surface area (Å²) >= 11 is 0. The normalized spacial score (nSPS) is 11.4. The number of amides is 2. The van der Waals surface area contributed by atoms with E-state index in [2.05, 4.69) is 26.1 Å². The molecule has 1 aromatic rings. The zero-order valence-corrected chi connectivity index (χ0v) is 14.6. The molecule has 4 heteroatoms. The van der Waals surface area contributed by atoms with Gasteiger partial charge in [0, 0.05) is 19.2 Å². The largest absolute Gasteiger partial charge is 0.333 e. The van der Waals surface area contributed by atoms with Gasteiger partial charge >= 0.3 is 0 Å². The Labute approximate surface area is 133 Å². The highest BCUT2D eigenvalue weighted by Crippen LogP contribution is 2.23. The number of benzene rings is 1. The summed E-state index contributed by atoms with van der Waals surface area (Å²) in [5.41, 5.74) is 2.06. The van der Waals surface area contributed by atoms with E-state index in [0.29, 0.717) is 12.5 Å². The summed E-state index contributed by atoms with van der Waals surface area (Å²) < 4.78 is 0. The minimum absolute atomic E-state index is 0.0769. The lowest BCUT2D eigenvalue weighted by atomic mass is 9.87. The van der Waals surface area contributed by atoms with Gasteiger partial charge in [-0.15, -0.1) is 0 Å². The van der Waals surface area contributed by atoms with Crippen molar-refractivity contribution in [2.45, 2.75) is 47.0 Å². The molecule has 0 fully saturated rings. The van der Waals surface area contributed by atoms with Gasteiger partial charge in [-0.2, -0.15) is 0 Å². The van der Waals surface area contributed by atoms with Crippen molar-refractivity contribution < 1.29 is 9.59 Å². The molecule has 0 aliphatic rings. The Morgan fingerprint density at radius 2 is 1.68 bits per heavy atom. The maximum atomic E-state index is 12.1. The number of hydrogen-bond acceptors (Lipinski definition) is 2. The van der Waals surface area contributed by atoms with Gasteiger partial charge in [-0.3, -0.25) is 9.59 Å². The smallest absolute Gasteiger partial charge is 0.243 e. The van der Waals surface area contributed by atoms with Crippen LogP contribution < -0.4 is 5.32 Å². The average Bonchev–Trinajstić information content (AvgIpc) is 2.36. The monoisotopic (exact) mass is 304 g/mol. The highest BCUT2D eigenvalue weighted by atomic mass is 16.2. The summed E-state index contributed by atoms with van der Waals surface area (Å²) in [5, 5.41) is 2.85. The first-order valence-corrected chi connectivity index (χ1v) is 7.75. The Morgan fingerprint density at radius 3 is 2.09 bits per heavy atom. The van der Waals surface area contributed by atoms with Crippen LogP contribution in [0, 0.1) is 5.92 Å². The summed E-state index contributed by atoms with van der Waals surface area (Å²) in [4.78, 5) is 25.2. The van der Waals surface area contributed by atoms with Crippen LogP contribution >= 0.6 is 0 Å². The van der Waals surface area contributed by atoms with E-state index in [4.69, 9.17) is 0 Å². The molecule has 1 rings (SSSR count). The summed E-state index contributed by atoms with van der Waals surface area (Å²) in [6.45, 7) is 12.7. The molecule has 22 heavy (non-hydrogen) atoms. The van der Waals surface area contributed by atoms with Crippen molar-refractivity contribution in [1.82, 2.24) is 4.90 Å². The van der Waals surface area contributed by atoms with E-state index in [1.807, 2.05) is 38.1 Å². The SMILES string of the molecule is CC(=O)N(CC(=O)Nc1ccc(C(C)(C)C)cc1)CC(C)C. The molecule has 0 saturated carbocycles. The molecule has 1 aromatic carbocycles. The van der Waals surface area contributed by atoms with E-state index in [1.54, 1.807) is 4.90 Å². The van der Waals surface area contributed by atoms with Crippen LogP contribution in [0.15, 0.2) is 24.3 Å². The predicted octanol–water partition coefficient (Wildman–Crippen LogP) is 3.43. The van der Waals surface area contributed by atoms with Gasteiger partial charge in [0.2, 0.25) is 11.8 Å². The number of anilines is 1. The third-order valence-electron chi connectivity index (χ3n) is 3.40. The molecule has 122 valence electrons. The standard InChI is InChI=1S/C18H28N2O2/c1-13(2)11-20(14(3)21)12-17(22)19-16-9-7-15(8-10-16)18(4,5)6/h7-10,13H,11-12H2,1-6H3,(H,19,22). The molecule has 0 unspecified atom stereocenters. The quantitative estimate of drug-likeness (QED) is 0.906. The van der Waals surface area contributed by atoms with E-state index in [1.165, 1.54) is 12.5 Å². The van der Waals surface area contributed by atoms with Gasteiger partial charge in [0.05, 0.1) is 6.54 Å². The van der Waals surface area contributed by atoms with Crippen molar-refractivity contribution in [2.75, 3.05) is 18.4 Å². The van der Waals surface area contributed by atoms with Crippen molar-refractivity contribution in [3.8, 4) is 0 Å². The van der Waals surface area contributed by atoms with Gasteiger partial charge in [0.15, 0.2) is 0 Å². The van der Waals surface area contributed by atoms with Crippen molar-refractivity contribution in [3.63, 3.8) is 0 Å². The molecule has 0 aliphatic carbocycles. The predicted molar refractivity (Wildman–Crippen MR) is 90.9 cm³/mol. The molecule has 2 amide bonds.